The Labute approximate surface area is 200 Å². The van der Waals surface area contributed by atoms with Gasteiger partial charge >= 0.3 is 5.97 Å². The van der Waals surface area contributed by atoms with Crippen LogP contribution in [-0.2, 0) is 18.7 Å². The van der Waals surface area contributed by atoms with Crippen LogP contribution < -0.4 is 0 Å². The van der Waals surface area contributed by atoms with E-state index < -0.39 is 19.8 Å². The Kier molecular flexibility index (Phi) is 5.06. The minimum absolute atomic E-state index is 0.0199. The fraction of sp³-hybridized carbons (Fsp3) is 0.889. The lowest BCUT2D eigenvalue weighted by atomic mass is 9.41. The van der Waals surface area contributed by atoms with Crippen molar-refractivity contribution in [3.8, 4) is 0 Å². The van der Waals surface area contributed by atoms with Gasteiger partial charge in [-0.1, -0.05) is 40.7 Å². The molecule has 1 N–H and O–H groups in total. The second-order valence-corrected chi connectivity index (χ2v) is 18.5. The summed E-state index contributed by atoms with van der Waals surface area (Å²) in [6, 6.07) is 0. The third-order valence-electron chi connectivity index (χ3n) is 11.4. The SMILES string of the molecule is COC(=O)[C@]12CC[C@@]3(O[Si](C)(C)C(C)(C)C)C[C@@]3(C)[C@@H]1CC[C@@]1(C)[C@@H]3OCC=C3[C@@H](O)C[C@@H]12. The monoisotopic (exact) mass is 476 g/mol. The Balaban J connectivity index is 1.55. The van der Waals surface area contributed by atoms with Crippen LogP contribution in [0, 0.1) is 28.1 Å². The maximum Gasteiger partial charge on any atom is 0.312 e. The van der Waals surface area contributed by atoms with Gasteiger partial charge in [0.25, 0.3) is 0 Å². The summed E-state index contributed by atoms with van der Waals surface area (Å²) in [5.41, 5.74) is 0.169. The standard InChI is InChI=1S/C27H44O5Si/c1-23(2,3)33(7,8)32-26-12-13-27(22(29)30-6)19(25(26,5)16-26)9-11-24(4)20(27)15-18(28)17-10-14-31-21(17)24/h10,18-21,28H,9,11-16H2,1-8H3/t18-,19-,20-,21+,24+,25-,26+,27+/m0/s1. The van der Waals surface area contributed by atoms with Gasteiger partial charge in [0.1, 0.15) is 0 Å². The largest absolute Gasteiger partial charge is 0.469 e. The lowest BCUT2D eigenvalue weighted by molar-refractivity contribution is -0.211. The molecule has 0 bridgehead atoms. The van der Waals surface area contributed by atoms with Gasteiger partial charge in [-0.25, -0.2) is 0 Å². The van der Waals surface area contributed by atoms with E-state index in [2.05, 4.69) is 53.8 Å². The highest BCUT2D eigenvalue weighted by molar-refractivity contribution is 6.74. The first kappa shape index (κ1) is 24.0. The van der Waals surface area contributed by atoms with Gasteiger partial charge in [-0.15, -0.1) is 0 Å². The van der Waals surface area contributed by atoms with Crippen LogP contribution >= 0.6 is 0 Å². The molecule has 5 aliphatic rings. The third-order valence-corrected chi connectivity index (χ3v) is 16.0. The van der Waals surface area contributed by atoms with E-state index in [1.165, 1.54) is 0 Å². The summed E-state index contributed by atoms with van der Waals surface area (Å²) in [6.07, 6.45) is 6.80. The number of hydrogen-bond acceptors (Lipinski definition) is 5. The first-order chi connectivity index (χ1) is 15.2. The van der Waals surface area contributed by atoms with E-state index in [9.17, 15) is 9.90 Å². The molecule has 4 aliphatic carbocycles. The van der Waals surface area contributed by atoms with Gasteiger partial charge in [0.15, 0.2) is 8.32 Å². The molecular formula is C27H44O5Si. The number of carbonyl (C=O) groups is 1. The smallest absolute Gasteiger partial charge is 0.312 e. The van der Waals surface area contributed by atoms with Crippen LogP contribution in [0.5, 0.6) is 0 Å². The van der Waals surface area contributed by atoms with Gasteiger partial charge in [0.2, 0.25) is 0 Å². The molecule has 0 aromatic heterocycles. The molecule has 186 valence electrons. The van der Waals surface area contributed by atoms with Crippen LogP contribution in [0.25, 0.3) is 0 Å². The number of fused-ring (bicyclic) bond motifs is 7. The highest BCUT2D eigenvalue weighted by Gasteiger charge is 2.80. The van der Waals surface area contributed by atoms with Crippen LogP contribution in [0.15, 0.2) is 11.6 Å². The summed E-state index contributed by atoms with van der Waals surface area (Å²) in [7, 11) is -0.406. The molecule has 6 heteroatoms. The molecule has 0 radical (unpaired) electrons. The highest BCUT2D eigenvalue weighted by atomic mass is 28.4. The van der Waals surface area contributed by atoms with E-state index in [1.54, 1.807) is 7.11 Å². The molecule has 0 amide bonds. The van der Waals surface area contributed by atoms with Gasteiger partial charge in [0, 0.05) is 10.8 Å². The molecule has 0 spiro atoms. The van der Waals surface area contributed by atoms with E-state index in [1.807, 2.05) is 0 Å². The quantitative estimate of drug-likeness (QED) is 0.343. The molecule has 5 nitrogen and oxygen atoms in total. The van der Waals surface area contributed by atoms with Crippen molar-refractivity contribution in [1.29, 1.82) is 0 Å². The molecule has 0 unspecified atom stereocenters. The summed E-state index contributed by atoms with van der Waals surface area (Å²) >= 11 is 0. The van der Waals surface area contributed by atoms with Crippen LogP contribution in [0.1, 0.15) is 73.1 Å². The van der Waals surface area contributed by atoms with Crippen molar-refractivity contribution < 1.29 is 23.8 Å². The van der Waals surface area contributed by atoms with Gasteiger partial charge < -0.3 is 19.0 Å². The average molecular weight is 477 g/mol. The molecule has 4 fully saturated rings. The molecule has 33 heavy (non-hydrogen) atoms. The van der Waals surface area contributed by atoms with Crippen molar-refractivity contribution in [2.45, 2.75) is 109 Å². The predicted octanol–water partition coefficient (Wildman–Crippen LogP) is 5.23. The predicted molar refractivity (Wildman–Crippen MR) is 130 cm³/mol. The number of rotatable bonds is 3. The van der Waals surface area contributed by atoms with Crippen molar-refractivity contribution in [3.63, 3.8) is 0 Å². The number of aliphatic hydroxyl groups excluding tert-OH is 1. The highest BCUT2D eigenvalue weighted by Crippen LogP contribution is 2.79. The summed E-state index contributed by atoms with van der Waals surface area (Å²) in [5.74, 6) is 0.193. The summed E-state index contributed by atoms with van der Waals surface area (Å²) < 4.78 is 19.0. The van der Waals surface area contributed by atoms with Crippen molar-refractivity contribution in [1.82, 2.24) is 0 Å². The zero-order valence-electron chi connectivity index (χ0n) is 21.9. The van der Waals surface area contributed by atoms with Gasteiger partial charge in [-0.05, 0) is 74.1 Å². The maximum atomic E-state index is 13.8. The second kappa shape index (κ2) is 6.95. The summed E-state index contributed by atoms with van der Waals surface area (Å²) in [4.78, 5) is 13.8. The number of esters is 1. The number of ether oxygens (including phenoxy) is 2. The Morgan fingerprint density at radius 1 is 1.18 bits per heavy atom. The van der Waals surface area contributed by atoms with Crippen LogP contribution in [0.4, 0.5) is 0 Å². The van der Waals surface area contributed by atoms with Crippen molar-refractivity contribution >= 4 is 14.3 Å². The number of aliphatic hydroxyl groups is 1. The lowest BCUT2D eigenvalue weighted by Gasteiger charge is -2.64. The fourth-order valence-corrected chi connectivity index (χ4v) is 10.3. The first-order valence-electron chi connectivity index (χ1n) is 13.0. The lowest BCUT2D eigenvalue weighted by Crippen LogP contribution is -2.65. The van der Waals surface area contributed by atoms with Gasteiger partial charge in [-0.2, -0.15) is 0 Å². The topological polar surface area (TPSA) is 65.0 Å². The first-order valence-corrected chi connectivity index (χ1v) is 15.9. The molecule has 5 rings (SSSR count). The van der Waals surface area contributed by atoms with Crippen LogP contribution in [0.3, 0.4) is 0 Å². The zero-order chi connectivity index (χ0) is 24.2. The average Bonchev–Trinajstić information content (AvgIpc) is 3.08. The molecule has 8 atom stereocenters. The van der Waals surface area contributed by atoms with Crippen molar-refractivity contribution in [2.75, 3.05) is 13.7 Å². The fourth-order valence-electron chi connectivity index (χ4n) is 8.63. The number of hydrogen-bond donors (Lipinski definition) is 1. The summed E-state index contributed by atoms with van der Waals surface area (Å²) in [5, 5.41) is 11.3. The van der Waals surface area contributed by atoms with Crippen LogP contribution in [0.2, 0.25) is 18.1 Å². The van der Waals surface area contributed by atoms with E-state index in [4.69, 9.17) is 13.9 Å². The molecule has 4 saturated carbocycles. The number of methoxy groups -OCH3 is 1. The Morgan fingerprint density at radius 2 is 1.88 bits per heavy atom. The molecular weight excluding hydrogens is 432 g/mol. The second-order valence-electron chi connectivity index (χ2n) is 13.8. The Bertz CT molecular complexity index is 891. The van der Waals surface area contributed by atoms with E-state index in [-0.39, 0.29) is 45.4 Å². The summed E-state index contributed by atoms with van der Waals surface area (Å²) in [6.45, 7) is 16.9. The molecule has 1 heterocycles. The van der Waals surface area contributed by atoms with Gasteiger partial charge in [-0.3, -0.25) is 4.79 Å². The van der Waals surface area contributed by atoms with Crippen LogP contribution in [-0.4, -0.2) is 50.9 Å². The minimum atomic E-state index is -1.95. The van der Waals surface area contributed by atoms with E-state index in [0.717, 1.165) is 37.7 Å². The number of carbonyl (C=O) groups excluding carboxylic acids is 1. The maximum absolute atomic E-state index is 13.8. The van der Waals surface area contributed by atoms with Crippen molar-refractivity contribution in [3.05, 3.63) is 11.6 Å². The van der Waals surface area contributed by atoms with E-state index in [0.29, 0.717) is 13.0 Å². The van der Waals surface area contributed by atoms with E-state index >= 15 is 0 Å². The normalized spacial score (nSPS) is 48.7. The molecule has 0 saturated heterocycles. The molecule has 1 aliphatic heterocycles. The minimum Gasteiger partial charge on any atom is -0.469 e. The van der Waals surface area contributed by atoms with Crippen molar-refractivity contribution in [2.24, 2.45) is 28.1 Å². The Hall–Kier alpha value is -0.693. The zero-order valence-corrected chi connectivity index (χ0v) is 22.9. The molecule has 0 aromatic rings. The Morgan fingerprint density at radius 3 is 2.52 bits per heavy atom. The molecule has 0 aromatic carbocycles. The van der Waals surface area contributed by atoms with Gasteiger partial charge in [0.05, 0.1) is 36.9 Å². The third kappa shape index (κ3) is 2.90.